The highest BCUT2D eigenvalue weighted by Gasteiger charge is 2.43. The van der Waals surface area contributed by atoms with E-state index in [2.05, 4.69) is 20.3 Å². The highest BCUT2D eigenvalue weighted by atomic mass is 16.3. The number of carbonyl (C=O) groups excluding carboxylic acids is 1. The van der Waals surface area contributed by atoms with Crippen molar-refractivity contribution in [1.82, 2.24) is 19.9 Å². The molecule has 3 heterocycles. The number of hydrogen-bond acceptors (Lipinski definition) is 5. The standard InChI is InChI=1S/C21H23N5O2/c27-19-9-14-12-26(21(28)16-2-1-3-17-15(16)4-5-23-17)11-13(14)8-18(19)25-20-10-22-6-7-24-20/h1-7,10,13-14,18-19,23,27H,8-9,11-12H2,(H,24,25)/t13-,14+,18-,19-/m1/s1. The van der Waals surface area contributed by atoms with Crippen LogP contribution in [0.4, 0.5) is 5.82 Å². The van der Waals surface area contributed by atoms with Crippen LogP contribution in [-0.4, -0.2) is 56.1 Å². The SMILES string of the molecule is O=C(c1cccc2[nH]ccc12)N1C[C@H]2C[C@@H](Nc3cnccn3)[C@H](O)C[C@H]2C1. The molecule has 144 valence electrons. The van der Waals surface area contributed by atoms with Gasteiger partial charge in [0.25, 0.3) is 5.91 Å². The number of hydrogen-bond donors (Lipinski definition) is 3. The van der Waals surface area contributed by atoms with Crippen LogP contribution in [0, 0.1) is 11.8 Å². The van der Waals surface area contributed by atoms with Crippen molar-refractivity contribution in [3.8, 4) is 0 Å². The number of nitrogens with zero attached hydrogens (tertiary/aromatic N) is 3. The van der Waals surface area contributed by atoms with Gasteiger partial charge in [-0.05, 0) is 42.9 Å². The summed E-state index contributed by atoms with van der Waals surface area (Å²) in [4.78, 5) is 26.6. The fraction of sp³-hybridized carbons (Fsp3) is 0.381. The predicted octanol–water partition coefficient (Wildman–Crippen LogP) is 2.28. The Kier molecular flexibility index (Phi) is 4.24. The van der Waals surface area contributed by atoms with Gasteiger partial charge in [-0.1, -0.05) is 6.07 Å². The summed E-state index contributed by atoms with van der Waals surface area (Å²) in [5, 5.41) is 14.9. The smallest absolute Gasteiger partial charge is 0.254 e. The topological polar surface area (TPSA) is 94.1 Å². The van der Waals surface area contributed by atoms with Gasteiger partial charge in [-0.15, -0.1) is 0 Å². The second-order valence-electron chi connectivity index (χ2n) is 7.86. The Morgan fingerprint density at radius 3 is 2.86 bits per heavy atom. The van der Waals surface area contributed by atoms with Gasteiger partial charge in [0.1, 0.15) is 5.82 Å². The number of benzene rings is 1. The third kappa shape index (κ3) is 3.01. The van der Waals surface area contributed by atoms with Crippen molar-refractivity contribution in [3.63, 3.8) is 0 Å². The predicted molar refractivity (Wildman–Crippen MR) is 106 cm³/mol. The van der Waals surface area contributed by atoms with E-state index in [1.165, 1.54) is 0 Å². The van der Waals surface area contributed by atoms with E-state index in [0.717, 1.165) is 29.4 Å². The van der Waals surface area contributed by atoms with E-state index in [1.54, 1.807) is 18.6 Å². The number of aliphatic hydroxyl groups is 1. The van der Waals surface area contributed by atoms with Crippen molar-refractivity contribution in [2.24, 2.45) is 11.8 Å². The fourth-order valence-electron chi connectivity index (χ4n) is 4.76. The summed E-state index contributed by atoms with van der Waals surface area (Å²) >= 11 is 0. The number of aromatic amines is 1. The van der Waals surface area contributed by atoms with Gasteiger partial charge in [-0.2, -0.15) is 0 Å². The highest BCUT2D eigenvalue weighted by molar-refractivity contribution is 6.06. The number of H-pyrrole nitrogens is 1. The minimum atomic E-state index is -0.452. The lowest BCUT2D eigenvalue weighted by atomic mass is 9.77. The van der Waals surface area contributed by atoms with Crippen LogP contribution < -0.4 is 5.32 Å². The second-order valence-corrected chi connectivity index (χ2v) is 7.86. The Hall–Kier alpha value is -2.93. The molecule has 3 aromatic rings. The zero-order chi connectivity index (χ0) is 19.1. The summed E-state index contributed by atoms with van der Waals surface area (Å²) in [7, 11) is 0. The monoisotopic (exact) mass is 377 g/mol. The normalized spacial score (nSPS) is 27.0. The number of carbonyl (C=O) groups is 1. The Bertz CT molecular complexity index is 989. The largest absolute Gasteiger partial charge is 0.391 e. The number of aromatic nitrogens is 3. The zero-order valence-electron chi connectivity index (χ0n) is 15.5. The van der Waals surface area contributed by atoms with Crippen molar-refractivity contribution >= 4 is 22.6 Å². The molecule has 7 nitrogen and oxygen atoms in total. The summed E-state index contributed by atoms with van der Waals surface area (Å²) in [6.07, 6.45) is 7.86. The molecule has 2 fully saturated rings. The van der Waals surface area contributed by atoms with E-state index in [1.807, 2.05) is 35.4 Å². The molecular formula is C21H23N5O2. The number of aliphatic hydroxyl groups excluding tert-OH is 1. The number of rotatable bonds is 3. The first-order valence-electron chi connectivity index (χ1n) is 9.75. The van der Waals surface area contributed by atoms with Crippen LogP contribution in [0.25, 0.3) is 10.9 Å². The molecule has 0 bridgehead atoms. The third-order valence-corrected chi connectivity index (χ3v) is 6.15. The summed E-state index contributed by atoms with van der Waals surface area (Å²) in [5.74, 6) is 1.47. The molecule has 2 aliphatic rings. The Morgan fingerprint density at radius 1 is 1.18 bits per heavy atom. The number of nitrogens with one attached hydrogen (secondary N) is 2. The summed E-state index contributed by atoms with van der Waals surface area (Å²) in [6, 6.07) is 7.68. The van der Waals surface area contributed by atoms with Crippen molar-refractivity contribution in [3.05, 3.63) is 54.6 Å². The van der Waals surface area contributed by atoms with Gasteiger partial charge in [0.2, 0.25) is 0 Å². The first kappa shape index (κ1) is 17.2. The Balaban J connectivity index is 1.31. The maximum absolute atomic E-state index is 13.2. The molecule has 1 aliphatic carbocycles. The molecule has 1 saturated heterocycles. The summed E-state index contributed by atoms with van der Waals surface area (Å²) in [6.45, 7) is 1.44. The van der Waals surface area contributed by atoms with Crippen molar-refractivity contribution in [1.29, 1.82) is 0 Å². The molecule has 0 unspecified atom stereocenters. The lowest BCUT2D eigenvalue weighted by Gasteiger charge is -2.35. The fourth-order valence-corrected chi connectivity index (χ4v) is 4.76. The van der Waals surface area contributed by atoms with Gasteiger partial charge < -0.3 is 20.3 Å². The van der Waals surface area contributed by atoms with E-state index in [4.69, 9.17) is 0 Å². The molecule has 7 heteroatoms. The molecule has 28 heavy (non-hydrogen) atoms. The maximum atomic E-state index is 13.2. The molecule has 5 rings (SSSR count). The van der Waals surface area contributed by atoms with Gasteiger partial charge in [-0.3, -0.25) is 9.78 Å². The summed E-state index contributed by atoms with van der Waals surface area (Å²) < 4.78 is 0. The molecule has 1 saturated carbocycles. The molecule has 4 atom stereocenters. The van der Waals surface area contributed by atoms with Crippen LogP contribution >= 0.6 is 0 Å². The van der Waals surface area contributed by atoms with E-state index >= 15 is 0 Å². The number of anilines is 1. The Labute approximate surface area is 162 Å². The van der Waals surface area contributed by atoms with Crippen LogP contribution in [0.5, 0.6) is 0 Å². The average molecular weight is 377 g/mol. The van der Waals surface area contributed by atoms with E-state index in [9.17, 15) is 9.90 Å². The average Bonchev–Trinajstić information content (AvgIpc) is 3.35. The first-order valence-corrected chi connectivity index (χ1v) is 9.75. The van der Waals surface area contributed by atoms with Crippen LogP contribution in [-0.2, 0) is 0 Å². The molecule has 1 aromatic carbocycles. The minimum Gasteiger partial charge on any atom is -0.391 e. The molecule has 0 spiro atoms. The van der Waals surface area contributed by atoms with Crippen LogP contribution in [0.1, 0.15) is 23.2 Å². The van der Waals surface area contributed by atoms with Gasteiger partial charge in [0, 0.05) is 48.1 Å². The highest BCUT2D eigenvalue weighted by Crippen LogP contribution is 2.38. The van der Waals surface area contributed by atoms with Crippen molar-refractivity contribution in [2.45, 2.75) is 25.0 Å². The second kappa shape index (κ2) is 6.91. The zero-order valence-corrected chi connectivity index (χ0v) is 15.5. The quantitative estimate of drug-likeness (QED) is 0.651. The van der Waals surface area contributed by atoms with Gasteiger partial charge in [-0.25, -0.2) is 4.98 Å². The van der Waals surface area contributed by atoms with Crippen molar-refractivity contribution in [2.75, 3.05) is 18.4 Å². The van der Waals surface area contributed by atoms with Crippen molar-refractivity contribution < 1.29 is 9.90 Å². The maximum Gasteiger partial charge on any atom is 0.254 e. The van der Waals surface area contributed by atoms with Gasteiger partial charge >= 0.3 is 0 Å². The van der Waals surface area contributed by atoms with Crippen LogP contribution in [0.3, 0.4) is 0 Å². The lowest BCUT2D eigenvalue weighted by molar-refractivity contribution is 0.0727. The van der Waals surface area contributed by atoms with Crippen LogP contribution in [0.15, 0.2) is 49.1 Å². The molecule has 2 aromatic heterocycles. The molecule has 1 amide bonds. The van der Waals surface area contributed by atoms with E-state index in [0.29, 0.717) is 30.6 Å². The van der Waals surface area contributed by atoms with E-state index < -0.39 is 6.10 Å². The number of amides is 1. The van der Waals surface area contributed by atoms with Gasteiger partial charge in [0.15, 0.2) is 0 Å². The number of fused-ring (bicyclic) bond motifs is 2. The first-order chi connectivity index (χ1) is 13.7. The Morgan fingerprint density at radius 2 is 2.04 bits per heavy atom. The van der Waals surface area contributed by atoms with Gasteiger partial charge in [0.05, 0.1) is 18.3 Å². The minimum absolute atomic E-state index is 0.0684. The van der Waals surface area contributed by atoms with Crippen LogP contribution in [0.2, 0.25) is 0 Å². The molecule has 3 N–H and O–H groups in total. The summed E-state index contributed by atoms with van der Waals surface area (Å²) in [5.41, 5.74) is 1.72. The lowest BCUT2D eigenvalue weighted by Crippen LogP contribution is -2.43. The molecule has 1 aliphatic heterocycles. The van der Waals surface area contributed by atoms with E-state index in [-0.39, 0.29) is 11.9 Å². The molecule has 0 radical (unpaired) electrons. The molecular weight excluding hydrogens is 354 g/mol. The third-order valence-electron chi connectivity index (χ3n) is 6.15. The number of likely N-dealkylation sites (tertiary alicyclic amines) is 1.